The number of carbonyl (C=O) groups is 1. The molecule has 170 valence electrons. The average Bonchev–Trinajstić information content (AvgIpc) is 2.87. The molecule has 0 aliphatic carbocycles. The van der Waals surface area contributed by atoms with Crippen LogP contribution in [0.3, 0.4) is 0 Å². The molecule has 1 unspecified atom stereocenters. The number of carbonyl (C=O) groups excluding carboxylic acids is 1. The van der Waals surface area contributed by atoms with Crippen molar-refractivity contribution < 1.29 is 28.5 Å². The van der Waals surface area contributed by atoms with Gasteiger partial charge in [0.25, 0.3) is 0 Å². The Morgan fingerprint density at radius 2 is 1.76 bits per heavy atom. The molecule has 1 atom stereocenters. The Kier molecular flexibility index (Phi) is 5.21. The van der Waals surface area contributed by atoms with E-state index in [1.54, 1.807) is 61.7 Å². The molecule has 1 aliphatic rings. The highest BCUT2D eigenvalue weighted by Crippen LogP contribution is 2.45. The average molecular weight is 456 g/mol. The molecule has 1 N–H and O–H groups in total. The van der Waals surface area contributed by atoms with Crippen LogP contribution in [0.1, 0.15) is 27.0 Å². The van der Waals surface area contributed by atoms with E-state index in [0.717, 1.165) is 10.9 Å². The number of phenols is 1. The highest BCUT2D eigenvalue weighted by molar-refractivity contribution is 6.02. The summed E-state index contributed by atoms with van der Waals surface area (Å²) < 4.78 is 31.7. The lowest BCUT2D eigenvalue weighted by Crippen LogP contribution is -2.35. The molecule has 0 saturated heterocycles. The summed E-state index contributed by atoms with van der Waals surface area (Å²) in [6, 6.07) is 20.4. The van der Waals surface area contributed by atoms with Crippen LogP contribution < -0.4 is 9.47 Å². The molecule has 0 spiro atoms. The lowest BCUT2D eigenvalue weighted by molar-refractivity contribution is 0.0597. The fourth-order valence-electron chi connectivity index (χ4n) is 4.36. The van der Waals surface area contributed by atoms with Crippen molar-refractivity contribution in [3.8, 4) is 17.2 Å². The third-order valence-corrected chi connectivity index (χ3v) is 6.09. The van der Waals surface area contributed by atoms with Gasteiger partial charge in [-0.05, 0) is 59.3 Å². The fourth-order valence-corrected chi connectivity index (χ4v) is 4.36. The molecule has 0 radical (unpaired) electrons. The van der Waals surface area contributed by atoms with Crippen molar-refractivity contribution in [1.29, 1.82) is 0 Å². The lowest BCUT2D eigenvalue weighted by Gasteiger charge is -2.36. The molecule has 4 aromatic carbocycles. The summed E-state index contributed by atoms with van der Waals surface area (Å²) in [5.41, 5.74) is 0.630. The predicted molar refractivity (Wildman–Crippen MR) is 127 cm³/mol. The van der Waals surface area contributed by atoms with Gasteiger partial charge in [-0.25, -0.2) is 9.18 Å². The van der Waals surface area contributed by atoms with Crippen molar-refractivity contribution >= 4 is 22.8 Å². The number of methoxy groups -OCH3 is 2. The maximum absolute atomic E-state index is 15.1. The van der Waals surface area contributed by atoms with Crippen molar-refractivity contribution in [2.75, 3.05) is 14.2 Å². The third-order valence-electron chi connectivity index (χ3n) is 6.09. The van der Waals surface area contributed by atoms with Crippen molar-refractivity contribution in [2.24, 2.45) is 0 Å². The van der Waals surface area contributed by atoms with Crippen LogP contribution >= 0.6 is 0 Å². The Morgan fingerprint density at radius 1 is 1.00 bits per heavy atom. The summed E-state index contributed by atoms with van der Waals surface area (Å²) in [6.45, 7) is 0. The zero-order valence-electron chi connectivity index (χ0n) is 18.5. The highest BCUT2D eigenvalue weighted by Gasteiger charge is 2.39. The van der Waals surface area contributed by atoms with Gasteiger partial charge in [0.15, 0.2) is 5.60 Å². The van der Waals surface area contributed by atoms with Gasteiger partial charge >= 0.3 is 5.97 Å². The number of benzene rings is 4. The normalized spacial score (nSPS) is 16.6. The van der Waals surface area contributed by atoms with Gasteiger partial charge in [0.1, 0.15) is 28.6 Å². The van der Waals surface area contributed by atoms with Gasteiger partial charge in [-0.3, -0.25) is 0 Å². The first-order chi connectivity index (χ1) is 16.5. The van der Waals surface area contributed by atoms with E-state index < -0.39 is 17.4 Å². The number of hydrogen-bond acceptors (Lipinski definition) is 5. The molecule has 0 aromatic heterocycles. The minimum Gasteiger partial charge on any atom is -0.507 e. The van der Waals surface area contributed by atoms with Crippen LogP contribution in [0.15, 0.2) is 78.9 Å². The third kappa shape index (κ3) is 3.35. The van der Waals surface area contributed by atoms with E-state index in [2.05, 4.69) is 0 Å². The summed E-state index contributed by atoms with van der Waals surface area (Å²) in [4.78, 5) is 12.1. The van der Waals surface area contributed by atoms with Gasteiger partial charge < -0.3 is 19.3 Å². The van der Waals surface area contributed by atoms with Crippen LogP contribution in [0.4, 0.5) is 4.39 Å². The second-order valence-electron chi connectivity index (χ2n) is 7.94. The number of halogens is 1. The first-order valence-corrected chi connectivity index (χ1v) is 10.6. The molecule has 0 saturated carbocycles. The van der Waals surface area contributed by atoms with Gasteiger partial charge in [0.05, 0.1) is 14.2 Å². The fraction of sp³-hybridized carbons (Fsp3) is 0.107. The monoisotopic (exact) mass is 456 g/mol. The zero-order valence-corrected chi connectivity index (χ0v) is 18.5. The molecule has 5 rings (SSSR count). The Hall–Kier alpha value is -4.32. The molecule has 5 nitrogen and oxygen atoms in total. The smallest absolute Gasteiger partial charge is 0.341 e. The van der Waals surface area contributed by atoms with E-state index in [-0.39, 0.29) is 11.3 Å². The number of phenolic OH excluding ortho intramolecular Hbond substituents is 1. The van der Waals surface area contributed by atoms with Crippen LogP contribution in [0.2, 0.25) is 0 Å². The minimum absolute atomic E-state index is 0.0536. The van der Waals surface area contributed by atoms with E-state index in [4.69, 9.17) is 14.2 Å². The molecule has 34 heavy (non-hydrogen) atoms. The Balaban J connectivity index is 1.72. The van der Waals surface area contributed by atoms with Crippen LogP contribution in [-0.4, -0.2) is 25.3 Å². The maximum atomic E-state index is 15.1. The summed E-state index contributed by atoms with van der Waals surface area (Å²) in [5.74, 6) is -0.0231. The summed E-state index contributed by atoms with van der Waals surface area (Å²) in [6.07, 6.45) is 3.66. The topological polar surface area (TPSA) is 65.0 Å². The van der Waals surface area contributed by atoms with Crippen LogP contribution in [0.25, 0.3) is 16.8 Å². The van der Waals surface area contributed by atoms with Gasteiger partial charge in [0.2, 0.25) is 0 Å². The van der Waals surface area contributed by atoms with Gasteiger partial charge in [-0.2, -0.15) is 0 Å². The van der Waals surface area contributed by atoms with Gasteiger partial charge in [0, 0.05) is 16.7 Å². The molecule has 1 aliphatic heterocycles. The van der Waals surface area contributed by atoms with Crippen LogP contribution in [-0.2, 0) is 10.3 Å². The second kappa shape index (κ2) is 8.23. The van der Waals surface area contributed by atoms with Crippen LogP contribution in [0, 0.1) is 5.82 Å². The van der Waals surface area contributed by atoms with E-state index in [1.165, 1.54) is 19.2 Å². The molecule has 6 heteroatoms. The first kappa shape index (κ1) is 21.5. The number of aromatic hydroxyl groups is 1. The highest BCUT2D eigenvalue weighted by atomic mass is 19.1. The predicted octanol–water partition coefficient (Wildman–Crippen LogP) is 5.83. The molecular formula is C28H21FO5. The minimum atomic E-state index is -1.22. The number of esters is 1. The van der Waals surface area contributed by atoms with E-state index in [9.17, 15) is 9.90 Å². The van der Waals surface area contributed by atoms with Crippen molar-refractivity contribution in [3.05, 3.63) is 107 Å². The standard InChI is InChI=1S/C28H21FO5/c1-32-19-10-8-18(9-11-19)28(23-5-3-4-6-24(23)29)14-13-20-21-16-22(27(31)33-2)25(30)15-17(21)7-12-26(20)34-28/h3-16,30H,1-2H3. The summed E-state index contributed by atoms with van der Waals surface area (Å²) in [7, 11) is 2.84. The van der Waals surface area contributed by atoms with Crippen molar-refractivity contribution in [1.82, 2.24) is 0 Å². The molecule has 4 aromatic rings. The Morgan fingerprint density at radius 3 is 2.47 bits per heavy atom. The SMILES string of the molecule is COC(=O)c1cc2c3c(ccc2cc1O)OC(c1ccc(OC)cc1)(c1ccccc1F)C=C3. The quantitative estimate of drug-likeness (QED) is 0.392. The lowest BCUT2D eigenvalue weighted by atomic mass is 9.82. The molecule has 0 bridgehead atoms. The van der Waals surface area contributed by atoms with E-state index >= 15 is 4.39 Å². The van der Waals surface area contributed by atoms with E-state index in [0.29, 0.717) is 28.0 Å². The molecule has 0 amide bonds. The number of fused-ring (bicyclic) bond motifs is 3. The van der Waals surface area contributed by atoms with Gasteiger partial charge in [-0.15, -0.1) is 0 Å². The Bertz CT molecular complexity index is 1440. The molecular weight excluding hydrogens is 435 g/mol. The molecule has 1 heterocycles. The van der Waals surface area contributed by atoms with Crippen LogP contribution in [0.5, 0.6) is 17.2 Å². The van der Waals surface area contributed by atoms with Crippen molar-refractivity contribution in [2.45, 2.75) is 5.60 Å². The summed E-state index contributed by atoms with van der Waals surface area (Å²) in [5, 5.41) is 11.7. The number of hydrogen-bond donors (Lipinski definition) is 1. The van der Waals surface area contributed by atoms with E-state index in [1.807, 2.05) is 18.2 Å². The number of rotatable bonds is 4. The first-order valence-electron chi connectivity index (χ1n) is 10.6. The largest absolute Gasteiger partial charge is 0.507 e. The molecule has 0 fully saturated rings. The zero-order chi connectivity index (χ0) is 23.9. The Labute approximate surface area is 195 Å². The second-order valence-corrected chi connectivity index (χ2v) is 7.94. The van der Waals surface area contributed by atoms with Crippen molar-refractivity contribution in [3.63, 3.8) is 0 Å². The maximum Gasteiger partial charge on any atom is 0.341 e. The van der Waals surface area contributed by atoms with Gasteiger partial charge in [-0.1, -0.05) is 36.4 Å². The number of ether oxygens (including phenoxy) is 3. The summed E-state index contributed by atoms with van der Waals surface area (Å²) >= 11 is 0.